The Morgan fingerprint density at radius 2 is 2.33 bits per heavy atom. The SMILES string of the molecule is NCC(O)COC(N)=S. The van der Waals surface area contributed by atoms with E-state index in [1.54, 1.807) is 0 Å². The maximum atomic E-state index is 8.74. The first-order valence-electron chi connectivity index (χ1n) is 2.47. The number of hydrogen-bond acceptors (Lipinski definition) is 4. The zero-order valence-electron chi connectivity index (χ0n) is 4.91. The second-order valence-electron chi connectivity index (χ2n) is 1.52. The molecular formula is C4H10N2O2S. The van der Waals surface area contributed by atoms with Crippen LogP contribution in [0.5, 0.6) is 0 Å². The molecule has 0 aliphatic rings. The lowest BCUT2D eigenvalue weighted by Gasteiger charge is -2.06. The average Bonchev–Trinajstić information content (AvgIpc) is 1.83. The second-order valence-corrected chi connectivity index (χ2v) is 1.92. The lowest BCUT2D eigenvalue weighted by atomic mass is 10.4. The van der Waals surface area contributed by atoms with Crippen LogP contribution in [0, 0.1) is 0 Å². The number of thiocarbonyl (C=S) groups is 1. The lowest BCUT2D eigenvalue weighted by molar-refractivity contribution is 0.109. The van der Waals surface area contributed by atoms with Gasteiger partial charge in [0.25, 0.3) is 5.17 Å². The fraction of sp³-hybridized carbons (Fsp3) is 0.750. The average molecular weight is 150 g/mol. The molecule has 0 aromatic rings. The molecule has 0 bridgehead atoms. The summed E-state index contributed by atoms with van der Waals surface area (Å²) in [6.45, 7) is 0.231. The smallest absolute Gasteiger partial charge is 0.254 e. The van der Waals surface area contributed by atoms with Gasteiger partial charge in [-0.2, -0.15) is 0 Å². The molecular weight excluding hydrogens is 140 g/mol. The number of nitrogens with two attached hydrogens (primary N) is 2. The number of aliphatic hydroxyl groups is 1. The number of ether oxygens (including phenoxy) is 1. The summed E-state index contributed by atoms with van der Waals surface area (Å²) in [5.74, 6) is 0. The first kappa shape index (κ1) is 8.61. The molecule has 4 nitrogen and oxygen atoms in total. The van der Waals surface area contributed by atoms with Gasteiger partial charge in [-0.05, 0) is 12.2 Å². The van der Waals surface area contributed by atoms with Crippen LogP contribution in [0.15, 0.2) is 0 Å². The van der Waals surface area contributed by atoms with Crippen LogP contribution < -0.4 is 11.5 Å². The number of hydrogen-bond donors (Lipinski definition) is 3. The molecule has 5 N–H and O–H groups in total. The van der Waals surface area contributed by atoms with Crippen molar-refractivity contribution in [3.05, 3.63) is 0 Å². The minimum absolute atomic E-state index is 0.0671. The minimum atomic E-state index is -0.675. The van der Waals surface area contributed by atoms with Crippen molar-refractivity contribution in [2.75, 3.05) is 13.2 Å². The van der Waals surface area contributed by atoms with Crippen LogP contribution in [0.2, 0.25) is 0 Å². The Kier molecular flexibility index (Phi) is 4.29. The molecule has 5 heteroatoms. The monoisotopic (exact) mass is 150 g/mol. The van der Waals surface area contributed by atoms with Gasteiger partial charge in [0.15, 0.2) is 0 Å². The summed E-state index contributed by atoms with van der Waals surface area (Å²) in [4.78, 5) is 0. The Morgan fingerprint density at radius 3 is 2.67 bits per heavy atom. The normalized spacial score (nSPS) is 12.7. The highest BCUT2D eigenvalue weighted by atomic mass is 32.1. The van der Waals surface area contributed by atoms with Crippen molar-refractivity contribution in [1.29, 1.82) is 0 Å². The van der Waals surface area contributed by atoms with E-state index in [4.69, 9.17) is 16.6 Å². The quantitative estimate of drug-likeness (QED) is 0.429. The topological polar surface area (TPSA) is 81.5 Å². The summed E-state index contributed by atoms with van der Waals surface area (Å²) in [6, 6.07) is 0. The minimum Gasteiger partial charge on any atom is -0.468 e. The fourth-order valence-electron chi connectivity index (χ4n) is 0.246. The first-order chi connectivity index (χ1) is 4.16. The Bertz CT molecular complexity index is 98.6. The third-order valence-corrected chi connectivity index (χ3v) is 0.808. The summed E-state index contributed by atoms with van der Waals surface area (Å²) >= 11 is 4.37. The highest BCUT2D eigenvalue weighted by molar-refractivity contribution is 7.80. The maximum Gasteiger partial charge on any atom is 0.254 e. The van der Waals surface area contributed by atoms with Crippen molar-refractivity contribution >= 4 is 17.4 Å². The molecule has 0 rings (SSSR count). The van der Waals surface area contributed by atoms with Crippen LogP contribution in [-0.4, -0.2) is 29.5 Å². The number of aliphatic hydroxyl groups excluding tert-OH is 1. The van der Waals surface area contributed by atoms with E-state index in [-0.39, 0.29) is 18.3 Å². The van der Waals surface area contributed by atoms with Crippen molar-refractivity contribution in [2.24, 2.45) is 11.5 Å². The van der Waals surface area contributed by atoms with Gasteiger partial charge in [0.2, 0.25) is 0 Å². The van der Waals surface area contributed by atoms with E-state index in [9.17, 15) is 0 Å². The lowest BCUT2D eigenvalue weighted by Crippen LogP contribution is -2.28. The molecule has 0 aliphatic heterocycles. The Hall–Kier alpha value is -0.390. The van der Waals surface area contributed by atoms with Crippen molar-refractivity contribution in [3.8, 4) is 0 Å². The summed E-state index contributed by atoms with van der Waals surface area (Å²) in [5.41, 5.74) is 10.00. The second kappa shape index (κ2) is 4.49. The molecule has 0 aromatic carbocycles. The number of rotatable bonds is 3. The van der Waals surface area contributed by atoms with Gasteiger partial charge in [0.05, 0.1) is 0 Å². The van der Waals surface area contributed by atoms with Crippen LogP contribution in [-0.2, 0) is 4.74 Å². The van der Waals surface area contributed by atoms with Gasteiger partial charge in [-0.25, -0.2) is 0 Å². The third kappa shape index (κ3) is 5.48. The van der Waals surface area contributed by atoms with Gasteiger partial charge in [0, 0.05) is 6.54 Å². The molecule has 0 heterocycles. The molecule has 0 spiro atoms. The predicted octanol–water partition coefficient (Wildman–Crippen LogP) is -1.43. The van der Waals surface area contributed by atoms with Crippen molar-refractivity contribution in [1.82, 2.24) is 0 Å². The summed E-state index contributed by atoms with van der Waals surface area (Å²) in [6.07, 6.45) is -0.675. The van der Waals surface area contributed by atoms with E-state index in [0.717, 1.165) is 0 Å². The molecule has 0 fully saturated rings. The molecule has 0 amide bonds. The summed E-state index contributed by atoms with van der Waals surface area (Å²) in [7, 11) is 0. The van der Waals surface area contributed by atoms with E-state index in [1.807, 2.05) is 0 Å². The van der Waals surface area contributed by atoms with Crippen molar-refractivity contribution < 1.29 is 9.84 Å². The van der Waals surface area contributed by atoms with Crippen LogP contribution >= 0.6 is 12.2 Å². The van der Waals surface area contributed by atoms with E-state index in [1.165, 1.54) is 0 Å². The van der Waals surface area contributed by atoms with Crippen molar-refractivity contribution in [3.63, 3.8) is 0 Å². The van der Waals surface area contributed by atoms with E-state index in [0.29, 0.717) is 0 Å². The van der Waals surface area contributed by atoms with Gasteiger partial charge in [0.1, 0.15) is 12.7 Å². The van der Waals surface area contributed by atoms with Gasteiger partial charge in [-0.3, -0.25) is 0 Å². The molecule has 0 aliphatic carbocycles. The van der Waals surface area contributed by atoms with E-state index in [2.05, 4.69) is 17.0 Å². The Morgan fingerprint density at radius 1 is 1.78 bits per heavy atom. The Labute approximate surface area is 58.8 Å². The highest BCUT2D eigenvalue weighted by Gasteiger charge is 2.00. The fourth-order valence-corrected chi connectivity index (χ4v) is 0.314. The largest absolute Gasteiger partial charge is 0.468 e. The molecule has 0 aromatic heterocycles. The predicted molar refractivity (Wildman–Crippen MR) is 37.8 cm³/mol. The maximum absolute atomic E-state index is 8.74. The molecule has 54 valence electrons. The Balaban J connectivity index is 3.16. The van der Waals surface area contributed by atoms with Gasteiger partial charge < -0.3 is 21.3 Å². The van der Waals surface area contributed by atoms with Gasteiger partial charge >= 0.3 is 0 Å². The molecule has 0 radical (unpaired) electrons. The van der Waals surface area contributed by atoms with Crippen LogP contribution in [0.4, 0.5) is 0 Å². The molecule has 0 saturated heterocycles. The van der Waals surface area contributed by atoms with Gasteiger partial charge in [-0.1, -0.05) is 0 Å². The zero-order valence-corrected chi connectivity index (χ0v) is 5.73. The summed E-state index contributed by atoms with van der Waals surface area (Å²) < 4.78 is 4.57. The first-order valence-corrected chi connectivity index (χ1v) is 2.88. The van der Waals surface area contributed by atoms with Crippen LogP contribution in [0.3, 0.4) is 0 Å². The molecule has 0 saturated carbocycles. The van der Waals surface area contributed by atoms with E-state index >= 15 is 0 Å². The zero-order chi connectivity index (χ0) is 7.28. The van der Waals surface area contributed by atoms with Crippen LogP contribution in [0.25, 0.3) is 0 Å². The van der Waals surface area contributed by atoms with E-state index < -0.39 is 6.10 Å². The molecule has 9 heavy (non-hydrogen) atoms. The third-order valence-electron chi connectivity index (χ3n) is 0.690. The van der Waals surface area contributed by atoms with Crippen molar-refractivity contribution in [2.45, 2.75) is 6.10 Å². The summed E-state index contributed by atoms with van der Waals surface area (Å²) in [5, 5.41) is 8.67. The molecule has 1 unspecified atom stereocenters. The van der Waals surface area contributed by atoms with Gasteiger partial charge in [-0.15, -0.1) is 0 Å². The molecule has 1 atom stereocenters. The highest BCUT2D eigenvalue weighted by Crippen LogP contribution is 1.80. The standard InChI is InChI=1S/C4H10N2O2S/c5-1-3(7)2-8-4(6)9/h3,7H,1-2,5H2,(H2,6,9). The van der Waals surface area contributed by atoms with Crippen LogP contribution in [0.1, 0.15) is 0 Å².